The van der Waals surface area contributed by atoms with E-state index in [9.17, 15) is 9.90 Å². The quantitative estimate of drug-likeness (QED) is 0.580. The molecule has 0 atom stereocenters. The highest BCUT2D eigenvalue weighted by Crippen LogP contribution is 2.31. The molecule has 0 radical (unpaired) electrons. The van der Waals surface area contributed by atoms with E-state index in [4.69, 9.17) is 14.5 Å². The molecule has 34 heavy (non-hydrogen) atoms. The summed E-state index contributed by atoms with van der Waals surface area (Å²) >= 11 is 0. The zero-order valence-corrected chi connectivity index (χ0v) is 19.8. The van der Waals surface area contributed by atoms with Crippen molar-refractivity contribution in [3.63, 3.8) is 0 Å². The molecule has 1 saturated heterocycles. The van der Waals surface area contributed by atoms with E-state index in [-0.39, 0.29) is 5.56 Å². The SMILES string of the molecule is COc1cc2nc(N3CCc4c(CN5CCC(CO)CC5)cccc4C3)[nH]c(=O)c2cc1OC. The number of H-pyrrole nitrogens is 1. The van der Waals surface area contributed by atoms with Crippen molar-refractivity contribution < 1.29 is 14.6 Å². The molecule has 2 aliphatic rings. The van der Waals surface area contributed by atoms with Crippen LogP contribution in [-0.4, -0.2) is 60.4 Å². The predicted molar refractivity (Wildman–Crippen MR) is 132 cm³/mol. The van der Waals surface area contributed by atoms with Crippen LogP contribution < -0.4 is 19.9 Å². The summed E-state index contributed by atoms with van der Waals surface area (Å²) in [5.74, 6) is 2.09. The van der Waals surface area contributed by atoms with E-state index in [1.807, 2.05) is 0 Å². The first-order chi connectivity index (χ1) is 16.6. The van der Waals surface area contributed by atoms with E-state index >= 15 is 0 Å². The molecular formula is C26H32N4O4. The fourth-order valence-electron chi connectivity index (χ4n) is 5.19. The van der Waals surface area contributed by atoms with Gasteiger partial charge in [0.05, 0.1) is 25.1 Å². The van der Waals surface area contributed by atoms with Gasteiger partial charge in [-0.25, -0.2) is 4.98 Å². The number of methoxy groups -OCH3 is 2. The van der Waals surface area contributed by atoms with Crippen molar-refractivity contribution in [3.8, 4) is 11.5 Å². The van der Waals surface area contributed by atoms with Crippen LogP contribution >= 0.6 is 0 Å². The second-order valence-corrected chi connectivity index (χ2v) is 9.24. The molecule has 8 heteroatoms. The van der Waals surface area contributed by atoms with Crippen molar-refractivity contribution in [2.45, 2.75) is 32.4 Å². The second kappa shape index (κ2) is 9.64. The number of hydrogen-bond acceptors (Lipinski definition) is 7. The lowest BCUT2D eigenvalue weighted by atomic mass is 9.93. The van der Waals surface area contributed by atoms with Crippen LogP contribution in [-0.2, 0) is 19.5 Å². The Labute approximate surface area is 199 Å². The third-order valence-corrected chi connectivity index (χ3v) is 7.22. The Hall–Kier alpha value is -3.10. The van der Waals surface area contributed by atoms with Gasteiger partial charge < -0.3 is 19.5 Å². The van der Waals surface area contributed by atoms with E-state index in [1.165, 1.54) is 16.7 Å². The Morgan fingerprint density at radius 1 is 1.12 bits per heavy atom. The standard InChI is InChI=1S/C26H32N4O4/c1-33-23-12-21-22(13-24(23)34-2)27-26(28-25(21)32)30-11-8-20-18(4-3-5-19(20)15-30)14-29-9-6-17(16-31)7-10-29/h3-5,12-13,17,31H,6-11,14-16H2,1-2H3,(H,27,28,32). The molecule has 0 saturated carbocycles. The number of piperidine rings is 1. The maximum Gasteiger partial charge on any atom is 0.260 e. The van der Waals surface area contributed by atoms with Crippen LogP contribution in [0, 0.1) is 5.92 Å². The first-order valence-corrected chi connectivity index (χ1v) is 11.9. The molecular weight excluding hydrogens is 432 g/mol. The molecule has 1 fully saturated rings. The number of aromatic amines is 1. The minimum absolute atomic E-state index is 0.188. The highest BCUT2D eigenvalue weighted by atomic mass is 16.5. The van der Waals surface area contributed by atoms with Crippen LogP contribution in [0.1, 0.15) is 29.5 Å². The number of nitrogens with zero attached hydrogens (tertiary/aromatic N) is 3. The molecule has 5 rings (SSSR count). The van der Waals surface area contributed by atoms with Gasteiger partial charge >= 0.3 is 0 Å². The summed E-state index contributed by atoms with van der Waals surface area (Å²) in [6, 6.07) is 9.97. The summed E-state index contributed by atoms with van der Waals surface area (Å²) in [6.45, 7) is 4.83. The van der Waals surface area contributed by atoms with Crippen LogP contribution in [0.2, 0.25) is 0 Å². The fraction of sp³-hybridized carbons (Fsp3) is 0.462. The average Bonchev–Trinajstić information content (AvgIpc) is 2.88. The molecule has 2 aliphatic heterocycles. The van der Waals surface area contributed by atoms with Crippen LogP contribution in [0.15, 0.2) is 35.1 Å². The number of likely N-dealkylation sites (tertiary alicyclic amines) is 1. The minimum atomic E-state index is -0.188. The Morgan fingerprint density at radius 2 is 1.88 bits per heavy atom. The first kappa shape index (κ1) is 22.7. The van der Waals surface area contributed by atoms with Gasteiger partial charge in [-0.15, -0.1) is 0 Å². The molecule has 3 aromatic rings. The maximum absolute atomic E-state index is 12.8. The second-order valence-electron chi connectivity index (χ2n) is 9.24. The molecule has 0 bridgehead atoms. The lowest BCUT2D eigenvalue weighted by Gasteiger charge is -2.34. The highest BCUT2D eigenvalue weighted by molar-refractivity contribution is 5.82. The molecule has 2 aromatic carbocycles. The fourth-order valence-corrected chi connectivity index (χ4v) is 5.19. The van der Waals surface area contributed by atoms with Gasteiger partial charge in [-0.3, -0.25) is 14.7 Å². The van der Waals surface area contributed by atoms with Crippen LogP contribution in [0.25, 0.3) is 10.9 Å². The summed E-state index contributed by atoms with van der Waals surface area (Å²) < 4.78 is 10.7. The molecule has 0 spiro atoms. The maximum atomic E-state index is 12.8. The van der Waals surface area contributed by atoms with Crippen molar-refractivity contribution >= 4 is 16.9 Å². The summed E-state index contributed by atoms with van der Waals surface area (Å²) in [7, 11) is 3.13. The lowest BCUT2D eigenvalue weighted by molar-refractivity contribution is 0.127. The Morgan fingerprint density at radius 3 is 2.62 bits per heavy atom. The first-order valence-electron chi connectivity index (χ1n) is 11.9. The topological polar surface area (TPSA) is 90.9 Å². The van der Waals surface area contributed by atoms with E-state index in [2.05, 4.69) is 33.0 Å². The Kier molecular flexibility index (Phi) is 6.43. The van der Waals surface area contributed by atoms with Gasteiger partial charge in [-0.2, -0.15) is 0 Å². The largest absolute Gasteiger partial charge is 0.493 e. The van der Waals surface area contributed by atoms with Crippen LogP contribution in [0.4, 0.5) is 5.95 Å². The van der Waals surface area contributed by atoms with Crippen LogP contribution in [0.3, 0.4) is 0 Å². The summed E-state index contributed by atoms with van der Waals surface area (Å²) in [6.07, 6.45) is 3.04. The molecule has 2 N–H and O–H groups in total. The Balaban J connectivity index is 1.38. The van der Waals surface area contributed by atoms with E-state index < -0.39 is 0 Å². The number of fused-ring (bicyclic) bond motifs is 2. The number of nitrogens with one attached hydrogen (secondary N) is 1. The number of anilines is 1. The van der Waals surface area contributed by atoms with Crippen molar-refractivity contribution in [3.05, 3.63) is 57.4 Å². The molecule has 1 aromatic heterocycles. The summed E-state index contributed by atoms with van der Waals surface area (Å²) in [5, 5.41) is 9.88. The van der Waals surface area contributed by atoms with Crippen LogP contribution in [0.5, 0.6) is 11.5 Å². The number of hydrogen-bond donors (Lipinski definition) is 2. The minimum Gasteiger partial charge on any atom is -0.493 e. The number of rotatable bonds is 6. The molecule has 3 heterocycles. The van der Waals surface area contributed by atoms with Gasteiger partial charge in [0.15, 0.2) is 11.5 Å². The zero-order valence-electron chi connectivity index (χ0n) is 19.8. The molecule has 0 amide bonds. The van der Waals surface area contributed by atoms with Crippen molar-refractivity contribution in [2.24, 2.45) is 5.92 Å². The van der Waals surface area contributed by atoms with E-state index in [0.29, 0.717) is 47.4 Å². The number of aromatic nitrogens is 2. The normalized spacial score (nSPS) is 17.1. The third-order valence-electron chi connectivity index (χ3n) is 7.22. The smallest absolute Gasteiger partial charge is 0.260 e. The van der Waals surface area contributed by atoms with Gasteiger partial charge in [0.25, 0.3) is 5.56 Å². The number of aliphatic hydroxyl groups excluding tert-OH is 1. The number of ether oxygens (including phenoxy) is 2. The van der Waals surface area contributed by atoms with Crippen molar-refractivity contribution in [2.75, 3.05) is 45.4 Å². The summed E-state index contributed by atoms with van der Waals surface area (Å²) in [4.78, 5) is 25.2. The zero-order chi connectivity index (χ0) is 23.7. The van der Waals surface area contributed by atoms with Gasteiger partial charge in [0.1, 0.15) is 0 Å². The van der Waals surface area contributed by atoms with Crippen molar-refractivity contribution in [1.82, 2.24) is 14.9 Å². The van der Waals surface area contributed by atoms with E-state index in [0.717, 1.165) is 45.4 Å². The number of aliphatic hydroxyl groups is 1. The third kappa shape index (κ3) is 4.35. The summed E-state index contributed by atoms with van der Waals surface area (Å²) in [5.41, 5.74) is 4.48. The Bertz CT molecular complexity index is 1230. The lowest BCUT2D eigenvalue weighted by Crippen LogP contribution is -2.36. The van der Waals surface area contributed by atoms with Gasteiger partial charge in [-0.1, -0.05) is 18.2 Å². The molecule has 0 aliphatic carbocycles. The van der Waals surface area contributed by atoms with Gasteiger partial charge in [0.2, 0.25) is 5.95 Å². The average molecular weight is 465 g/mol. The molecule has 8 nitrogen and oxygen atoms in total. The van der Waals surface area contributed by atoms with E-state index in [1.54, 1.807) is 26.4 Å². The molecule has 180 valence electrons. The number of benzene rings is 2. The van der Waals surface area contributed by atoms with Gasteiger partial charge in [0, 0.05) is 32.3 Å². The molecule has 0 unspecified atom stereocenters. The predicted octanol–water partition coefficient (Wildman–Crippen LogP) is 2.71. The van der Waals surface area contributed by atoms with Crippen molar-refractivity contribution in [1.29, 1.82) is 0 Å². The van der Waals surface area contributed by atoms with Gasteiger partial charge in [-0.05, 0) is 61.0 Å². The monoisotopic (exact) mass is 464 g/mol. The highest BCUT2D eigenvalue weighted by Gasteiger charge is 2.24.